The van der Waals surface area contributed by atoms with Crippen LogP contribution in [0.5, 0.6) is 0 Å². The van der Waals surface area contributed by atoms with Crippen molar-refractivity contribution in [3.8, 4) is 0 Å². The normalized spacial score (nSPS) is 10.3. The van der Waals surface area contributed by atoms with E-state index in [2.05, 4.69) is 4.72 Å². The van der Waals surface area contributed by atoms with Crippen molar-refractivity contribution < 1.29 is 14.3 Å². The molecule has 0 fully saturated rings. The number of nitrogens with one attached hydrogen (secondary N) is 1. The van der Waals surface area contributed by atoms with Gasteiger partial charge in [0.15, 0.2) is 0 Å². The molecule has 0 atom stereocenters. The molecule has 0 aliphatic carbocycles. The standard InChI is InChI=1S/C15H14FNO2S/c1-9-6-12(7-10(2)14(9)16)17-20-13-5-3-4-11(8-13)15(18)19/h3-8,17H,1-2H3,(H,18,19). The van der Waals surface area contributed by atoms with Crippen molar-refractivity contribution in [3.63, 3.8) is 0 Å². The Labute approximate surface area is 121 Å². The van der Waals surface area contributed by atoms with Crippen LogP contribution in [-0.4, -0.2) is 11.1 Å². The maximum absolute atomic E-state index is 13.5. The van der Waals surface area contributed by atoms with Gasteiger partial charge in [0.25, 0.3) is 0 Å². The fourth-order valence-electron chi connectivity index (χ4n) is 1.82. The Morgan fingerprint density at radius 3 is 2.45 bits per heavy atom. The Morgan fingerprint density at radius 2 is 1.85 bits per heavy atom. The molecule has 0 heterocycles. The summed E-state index contributed by atoms with van der Waals surface area (Å²) in [4.78, 5) is 11.7. The third kappa shape index (κ3) is 3.30. The monoisotopic (exact) mass is 291 g/mol. The van der Waals surface area contributed by atoms with E-state index in [1.54, 1.807) is 44.2 Å². The number of hydrogen-bond acceptors (Lipinski definition) is 3. The molecule has 2 rings (SSSR count). The Kier molecular flexibility index (Phi) is 4.29. The predicted molar refractivity (Wildman–Crippen MR) is 78.8 cm³/mol. The van der Waals surface area contributed by atoms with E-state index in [0.717, 1.165) is 10.6 Å². The maximum Gasteiger partial charge on any atom is 0.335 e. The Balaban J connectivity index is 2.13. The molecule has 104 valence electrons. The van der Waals surface area contributed by atoms with Crippen molar-refractivity contribution in [1.29, 1.82) is 0 Å². The number of anilines is 1. The van der Waals surface area contributed by atoms with E-state index in [1.807, 2.05) is 6.07 Å². The SMILES string of the molecule is Cc1cc(NSc2cccc(C(=O)O)c2)cc(C)c1F. The number of benzene rings is 2. The number of aromatic carboxylic acids is 1. The molecular formula is C15H14FNO2S. The van der Waals surface area contributed by atoms with Gasteiger partial charge in [0.2, 0.25) is 0 Å². The lowest BCUT2D eigenvalue weighted by Gasteiger charge is -2.09. The van der Waals surface area contributed by atoms with E-state index in [0.29, 0.717) is 11.1 Å². The van der Waals surface area contributed by atoms with Gasteiger partial charge >= 0.3 is 5.97 Å². The van der Waals surface area contributed by atoms with Gasteiger partial charge in [0.1, 0.15) is 5.82 Å². The van der Waals surface area contributed by atoms with Crippen LogP contribution in [0.4, 0.5) is 10.1 Å². The molecule has 5 heteroatoms. The minimum atomic E-state index is -0.957. The predicted octanol–water partition coefficient (Wildman–Crippen LogP) is 4.26. The highest BCUT2D eigenvalue weighted by molar-refractivity contribution is 8.00. The second-order valence-corrected chi connectivity index (χ2v) is 5.34. The smallest absolute Gasteiger partial charge is 0.335 e. The van der Waals surface area contributed by atoms with Gasteiger partial charge < -0.3 is 9.83 Å². The van der Waals surface area contributed by atoms with Crippen molar-refractivity contribution in [1.82, 2.24) is 0 Å². The summed E-state index contributed by atoms with van der Waals surface area (Å²) in [6.07, 6.45) is 0. The summed E-state index contributed by atoms with van der Waals surface area (Å²) in [5.41, 5.74) is 2.18. The van der Waals surface area contributed by atoms with Gasteiger partial charge in [-0.05, 0) is 67.3 Å². The molecule has 2 aromatic carbocycles. The second-order valence-electron chi connectivity index (χ2n) is 4.46. The van der Waals surface area contributed by atoms with E-state index < -0.39 is 5.97 Å². The third-order valence-electron chi connectivity index (χ3n) is 2.80. The summed E-state index contributed by atoms with van der Waals surface area (Å²) < 4.78 is 16.6. The largest absolute Gasteiger partial charge is 0.478 e. The van der Waals surface area contributed by atoms with E-state index in [9.17, 15) is 9.18 Å². The van der Waals surface area contributed by atoms with Crippen LogP contribution in [0.3, 0.4) is 0 Å². The lowest BCUT2D eigenvalue weighted by molar-refractivity contribution is 0.0696. The molecule has 20 heavy (non-hydrogen) atoms. The third-order valence-corrected chi connectivity index (χ3v) is 3.63. The lowest BCUT2D eigenvalue weighted by Crippen LogP contribution is -1.96. The summed E-state index contributed by atoms with van der Waals surface area (Å²) in [5, 5.41) is 8.93. The number of carbonyl (C=O) groups is 1. The molecule has 0 aliphatic heterocycles. The van der Waals surface area contributed by atoms with Crippen molar-refractivity contribution in [3.05, 3.63) is 58.9 Å². The van der Waals surface area contributed by atoms with Crippen LogP contribution in [0, 0.1) is 19.7 Å². The number of carboxylic acids is 1. The van der Waals surface area contributed by atoms with Crippen LogP contribution in [0.25, 0.3) is 0 Å². The molecule has 0 unspecified atom stereocenters. The zero-order valence-corrected chi connectivity index (χ0v) is 11.9. The van der Waals surface area contributed by atoms with Gasteiger partial charge in [0, 0.05) is 10.6 Å². The highest BCUT2D eigenvalue weighted by atomic mass is 32.2. The van der Waals surface area contributed by atoms with Gasteiger partial charge in [-0.2, -0.15) is 0 Å². The van der Waals surface area contributed by atoms with E-state index >= 15 is 0 Å². The Morgan fingerprint density at radius 1 is 1.20 bits per heavy atom. The number of hydrogen-bond donors (Lipinski definition) is 2. The average Bonchev–Trinajstić information content (AvgIpc) is 2.42. The first-order valence-electron chi connectivity index (χ1n) is 6.00. The zero-order chi connectivity index (χ0) is 14.7. The first-order chi connectivity index (χ1) is 9.47. The zero-order valence-electron chi connectivity index (χ0n) is 11.1. The molecule has 0 saturated carbocycles. The minimum absolute atomic E-state index is 0.201. The Hall–Kier alpha value is -2.01. The first kappa shape index (κ1) is 14.4. The molecule has 0 spiro atoms. The number of aryl methyl sites for hydroxylation is 2. The molecule has 0 saturated heterocycles. The summed E-state index contributed by atoms with van der Waals surface area (Å²) in [7, 11) is 0. The first-order valence-corrected chi connectivity index (χ1v) is 6.82. The summed E-state index contributed by atoms with van der Waals surface area (Å²) in [5.74, 6) is -1.16. The molecule has 0 aromatic heterocycles. The maximum atomic E-state index is 13.5. The van der Waals surface area contributed by atoms with E-state index in [4.69, 9.17) is 5.11 Å². The average molecular weight is 291 g/mol. The number of carboxylic acid groups (broad SMARTS) is 1. The minimum Gasteiger partial charge on any atom is -0.478 e. The molecule has 0 aliphatic rings. The van der Waals surface area contributed by atoms with Crippen LogP contribution in [0.1, 0.15) is 21.5 Å². The Bertz CT molecular complexity index is 635. The van der Waals surface area contributed by atoms with Gasteiger partial charge in [-0.25, -0.2) is 9.18 Å². The van der Waals surface area contributed by atoms with Gasteiger partial charge in [-0.3, -0.25) is 0 Å². The quantitative estimate of drug-likeness (QED) is 0.826. The molecule has 3 nitrogen and oxygen atoms in total. The molecule has 2 aromatic rings. The summed E-state index contributed by atoms with van der Waals surface area (Å²) in [6, 6.07) is 10.1. The second kappa shape index (κ2) is 5.96. The van der Waals surface area contributed by atoms with Crippen LogP contribution in [0.15, 0.2) is 41.3 Å². The highest BCUT2D eigenvalue weighted by Crippen LogP contribution is 2.25. The number of rotatable bonds is 4. The highest BCUT2D eigenvalue weighted by Gasteiger charge is 2.06. The van der Waals surface area contributed by atoms with Crippen LogP contribution in [-0.2, 0) is 0 Å². The molecule has 0 bridgehead atoms. The molecular weight excluding hydrogens is 277 g/mol. The van der Waals surface area contributed by atoms with Gasteiger partial charge in [-0.15, -0.1) is 0 Å². The van der Waals surface area contributed by atoms with Crippen molar-refractivity contribution in [2.24, 2.45) is 0 Å². The molecule has 0 radical (unpaired) electrons. The van der Waals surface area contributed by atoms with E-state index in [1.165, 1.54) is 11.9 Å². The fourth-order valence-corrected chi connectivity index (χ4v) is 2.50. The van der Waals surface area contributed by atoms with Gasteiger partial charge in [-0.1, -0.05) is 6.07 Å². The van der Waals surface area contributed by atoms with Crippen molar-refractivity contribution in [2.45, 2.75) is 18.7 Å². The fraction of sp³-hybridized carbons (Fsp3) is 0.133. The number of halogens is 1. The summed E-state index contributed by atoms with van der Waals surface area (Å²) in [6.45, 7) is 3.42. The van der Waals surface area contributed by atoms with Crippen LogP contribution >= 0.6 is 11.9 Å². The summed E-state index contributed by atoms with van der Waals surface area (Å²) >= 11 is 1.29. The van der Waals surface area contributed by atoms with Gasteiger partial charge in [0.05, 0.1) is 5.56 Å². The topological polar surface area (TPSA) is 49.3 Å². The van der Waals surface area contributed by atoms with Crippen LogP contribution in [0.2, 0.25) is 0 Å². The van der Waals surface area contributed by atoms with Crippen molar-refractivity contribution >= 4 is 23.6 Å². The van der Waals surface area contributed by atoms with E-state index in [-0.39, 0.29) is 11.4 Å². The lowest BCUT2D eigenvalue weighted by atomic mass is 10.1. The van der Waals surface area contributed by atoms with Crippen LogP contribution < -0.4 is 4.72 Å². The molecule has 0 amide bonds. The molecule has 2 N–H and O–H groups in total. The van der Waals surface area contributed by atoms with Crippen molar-refractivity contribution in [2.75, 3.05) is 4.72 Å².